The third kappa shape index (κ3) is 2.88. The highest BCUT2D eigenvalue weighted by Crippen LogP contribution is 2.32. The van der Waals surface area contributed by atoms with Crippen LogP contribution < -0.4 is 0 Å². The molecule has 0 aliphatic heterocycles. The van der Waals surface area contributed by atoms with Gasteiger partial charge in [0.25, 0.3) is 0 Å². The van der Waals surface area contributed by atoms with Gasteiger partial charge in [0.15, 0.2) is 0 Å². The summed E-state index contributed by atoms with van der Waals surface area (Å²) in [5.74, 6) is -1.16. The minimum Gasteiger partial charge on any atom is -0.478 e. The lowest BCUT2D eigenvalue weighted by atomic mass is 10.0. The lowest BCUT2D eigenvalue weighted by Gasteiger charge is -2.10. The molecule has 3 aromatic rings. The Labute approximate surface area is 129 Å². The Morgan fingerprint density at radius 1 is 1.00 bits per heavy atom. The van der Waals surface area contributed by atoms with E-state index in [1.54, 1.807) is 24.3 Å². The van der Waals surface area contributed by atoms with Crippen LogP contribution in [0.15, 0.2) is 54.6 Å². The van der Waals surface area contributed by atoms with Gasteiger partial charge in [-0.25, -0.2) is 9.78 Å². The highest BCUT2D eigenvalue weighted by atomic mass is 19.4. The molecule has 1 heterocycles. The number of aromatic carboxylic acids is 1. The van der Waals surface area contributed by atoms with Crippen molar-refractivity contribution >= 4 is 16.9 Å². The average molecular weight is 317 g/mol. The Hall–Kier alpha value is -2.89. The van der Waals surface area contributed by atoms with Gasteiger partial charge in [0.05, 0.1) is 22.3 Å². The topological polar surface area (TPSA) is 50.2 Å². The summed E-state index contributed by atoms with van der Waals surface area (Å²) in [4.78, 5) is 15.7. The molecular weight excluding hydrogens is 307 g/mol. The zero-order chi connectivity index (χ0) is 16.6. The zero-order valence-electron chi connectivity index (χ0n) is 11.6. The second-order valence-electron chi connectivity index (χ2n) is 4.96. The summed E-state index contributed by atoms with van der Waals surface area (Å²) in [5.41, 5.74) is 0.0185. The van der Waals surface area contributed by atoms with E-state index in [1.165, 1.54) is 18.2 Å². The highest BCUT2D eigenvalue weighted by molar-refractivity contribution is 6.03. The monoisotopic (exact) mass is 317 g/mol. The van der Waals surface area contributed by atoms with Crippen molar-refractivity contribution in [2.24, 2.45) is 0 Å². The van der Waals surface area contributed by atoms with Crippen LogP contribution in [0, 0.1) is 0 Å². The van der Waals surface area contributed by atoms with E-state index in [-0.39, 0.29) is 16.8 Å². The summed E-state index contributed by atoms with van der Waals surface area (Å²) in [6.45, 7) is 0. The van der Waals surface area contributed by atoms with Crippen LogP contribution in [0.2, 0.25) is 0 Å². The van der Waals surface area contributed by atoms with Crippen molar-refractivity contribution in [2.45, 2.75) is 6.18 Å². The first kappa shape index (κ1) is 15.0. The Morgan fingerprint density at radius 2 is 1.74 bits per heavy atom. The number of carbonyl (C=O) groups is 1. The molecule has 2 aromatic carbocycles. The average Bonchev–Trinajstić information content (AvgIpc) is 2.53. The number of benzene rings is 2. The van der Waals surface area contributed by atoms with E-state index in [4.69, 9.17) is 0 Å². The van der Waals surface area contributed by atoms with Crippen LogP contribution in [0.5, 0.6) is 0 Å². The molecule has 1 N–H and O–H groups in total. The number of hydrogen-bond donors (Lipinski definition) is 1. The lowest BCUT2D eigenvalue weighted by Crippen LogP contribution is -2.05. The van der Waals surface area contributed by atoms with E-state index in [2.05, 4.69) is 4.98 Å². The molecule has 0 atom stereocenters. The van der Waals surface area contributed by atoms with E-state index in [0.717, 1.165) is 12.1 Å². The number of carboxylic acids is 1. The summed E-state index contributed by atoms with van der Waals surface area (Å²) in [5, 5.41) is 9.77. The van der Waals surface area contributed by atoms with Crippen LogP contribution in [0.3, 0.4) is 0 Å². The number of fused-ring (bicyclic) bond motifs is 1. The van der Waals surface area contributed by atoms with E-state index in [9.17, 15) is 23.1 Å². The maximum atomic E-state index is 12.8. The van der Waals surface area contributed by atoms with Crippen LogP contribution in [0.1, 0.15) is 15.9 Å². The number of nitrogens with zero attached hydrogens (tertiary/aromatic N) is 1. The van der Waals surface area contributed by atoms with E-state index < -0.39 is 17.7 Å². The van der Waals surface area contributed by atoms with Crippen LogP contribution in [0.4, 0.5) is 13.2 Å². The first-order valence-electron chi connectivity index (χ1n) is 6.67. The number of halogens is 3. The molecule has 0 unspecified atom stereocenters. The van der Waals surface area contributed by atoms with Crippen LogP contribution in [0.25, 0.3) is 22.2 Å². The molecule has 0 amide bonds. The Morgan fingerprint density at radius 3 is 2.43 bits per heavy atom. The summed E-state index contributed by atoms with van der Waals surface area (Å²) >= 11 is 0. The predicted octanol–water partition coefficient (Wildman–Crippen LogP) is 4.62. The molecule has 6 heteroatoms. The number of alkyl halides is 3. The summed E-state index contributed by atoms with van der Waals surface area (Å²) in [6.07, 6.45) is -4.47. The third-order valence-electron chi connectivity index (χ3n) is 3.43. The molecule has 0 radical (unpaired) electrons. The first-order chi connectivity index (χ1) is 10.9. The van der Waals surface area contributed by atoms with Gasteiger partial charge in [-0.05, 0) is 24.3 Å². The van der Waals surface area contributed by atoms with Gasteiger partial charge in [-0.3, -0.25) is 0 Å². The molecule has 0 fully saturated rings. The van der Waals surface area contributed by atoms with E-state index in [0.29, 0.717) is 10.9 Å². The molecule has 0 saturated carbocycles. The second-order valence-corrected chi connectivity index (χ2v) is 4.96. The van der Waals surface area contributed by atoms with Crippen molar-refractivity contribution in [3.05, 3.63) is 65.7 Å². The third-order valence-corrected chi connectivity index (χ3v) is 3.43. The molecule has 0 spiro atoms. The van der Waals surface area contributed by atoms with Gasteiger partial charge < -0.3 is 5.11 Å². The number of hydrogen-bond acceptors (Lipinski definition) is 2. The summed E-state index contributed by atoms with van der Waals surface area (Å²) in [6, 6.07) is 12.6. The summed E-state index contributed by atoms with van der Waals surface area (Å²) < 4.78 is 38.5. The number of rotatable bonds is 2. The molecule has 3 nitrogen and oxygen atoms in total. The molecule has 0 aliphatic rings. The van der Waals surface area contributed by atoms with Crippen LogP contribution in [-0.2, 0) is 6.18 Å². The second kappa shape index (κ2) is 5.39. The molecule has 0 saturated heterocycles. The number of carboxylic acid groups (broad SMARTS) is 1. The van der Waals surface area contributed by atoms with Gasteiger partial charge in [0.1, 0.15) is 0 Å². The molecule has 116 valence electrons. The number of pyridine rings is 1. The van der Waals surface area contributed by atoms with E-state index in [1.807, 2.05) is 0 Å². The highest BCUT2D eigenvalue weighted by Gasteiger charge is 2.30. The number of para-hydroxylation sites is 1. The van der Waals surface area contributed by atoms with Crippen molar-refractivity contribution in [3.8, 4) is 11.3 Å². The van der Waals surface area contributed by atoms with Gasteiger partial charge in [0, 0.05) is 10.9 Å². The van der Waals surface area contributed by atoms with Crippen molar-refractivity contribution in [1.82, 2.24) is 4.98 Å². The molecule has 0 bridgehead atoms. The van der Waals surface area contributed by atoms with Crippen LogP contribution >= 0.6 is 0 Å². The number of aromatic nitrogens is 1. The summed E-state index contributed by atoms with van der Waals surface area (Å²) in [7, 11) is 0. The fourth-order valence-corrected chi connectivity index (χ4v) is 2.36. The van der Waals surface area contributed by atoms with Crippen molar-refractivity contribution in [1.29, 1.82) is 0 Å². The van der Waals surface area contributed by atoms with Gasteiger partial charge >= 0.3 is 12.1 Å². The molecule has 23 heavy (non-hydrogen) atoms. The smallest absolute Gasteiger partial charge is 0.416 e. The fourth-order valence-electron chi connectivity index (χ4n) is 2.36. The fraction of sp³-hybridized carbons (Fsp3) is 0.0588. The Bertz CT molecular complexity index is 904. The van der Waals surface area contributed by atoms with Crippen molar-refractivity contribution in [2.75, 3.05) is 0 Å². The van der Waals surface area contributed by atoms with Gasteiger partial charge in [-0.15, -0.1) is 0 Å². The molecule has 0 aliphatic carbocycles. The predicted molar refractivity (Wildman–Crippen MR) is 79.1 cm³/mol. The van der Waals surface area contributed by atoms with Gasteiger partial charge in [-0.1, -0.05) is 30.3 Å². The molecule has 3 rings (SSSR count). The minimum absolute atomic E-state index is 0.00279. The minimum atomic E-state index is -4.47. The first-order valence-corrected chi connectivity index (χ1v) is 6.67. The SMILES string of the molecule is O=C(O)c1cc(-c2cccc(C(F)(F)F)c2)nc2ccccc12. The lowest BCUT2D eigenvalue weighted by molar-refractivity contribution is -0.137. The Kier molecular flexibility index (Phi) is 3.52. The Balaban J connectivity index is 2.23. The van der Waals surface area contributed by atoms with Crippen molar-refractivity contribution < 1.29 is 23.1 Å². The molecular formula is C17H10F3NO2. The zero-order valence-corrected chi connectivity index (χ0v) is 11.6. The van der Waals surface area contributed by atoms with Crippen molar-refractivity contribution in [3.63, 3.8) is 0 Å². The largest absolute Gasteiger partial charge is 0.478 e. The van der Waals surface area contributed by atoms with E-state index >= 15 is 0 Å². The van der Waals surface area contributed by atoms with Gasteiger partial charge in [-0.2, -0.15) is 13.2 Å². The normalized spacial score (nSPS) is 11.6. The van der Waals surface area contributed by atoms with Crippen LogP contribution in [-0.4, -0.2) is 16.1 Å². The quantitative estimate of drug-likeness (QED) is 0.750. The van der Waals surface area contributed by atoms with Gasteiger partial charge in [0.2, 0.25) is 0 Å². The maximum Gasteiger partial charge on any atom is 0.416 e. The standard InChI is InChI=1S/C17H10F3NO2/c18-17(19,20)11-5-3-4-10(8-11)15-9-13(16(22)23)12-6-1-2-7-14(12)21-15/h1-9H,(H,22,23). The molecule has 1 aromatic heterocycles. The maximum absolute atomic E-state index is 12.8.